The molecule has 1 unspecified atom stereocenters. The van der Waals surface area contributed by atoms with Crippen LogP contribution in [0.5, 0.6) is 0 Å². The average molecular weight is 571 g/mol. The quantitative estimate of drug-likeness (QED) is 0.362. The van der Waals surface area contributed by atoms with Crippen LogP contribution in [0.25, 0.3) is 28.0 Å². The maximum Gasteiger partial charge on any atom is 0.239 e. The Morgan fingerprint density at radius 1 is 0.929 bits per heavy atom. The zero-order chi connectivity index (χ0) is 28.6. The van der Waals surface area contributed by atoms with Crippen LogP contribution in [-0.4, -0.2) is 87.2 Å². The van der Waals surface area contributed by atoms with Gasteiger partial charge in [0, 0.05) is 55.9 Å². The smallest absolute Gasteiger partial charge is 0.239 e. The van der Waals surface area contributed by atoms with Crippen molar-refractivity contribution in [1.29, 1.82) is 0 Å². The van der Waals surface area contributed by atoms with Crippen LogP contribution < -0.4 is 10.6 Å². The van der Waals surface area contributed by atoms with Crippen molar-refractivity contribution >= 4 is 28.8 Å². The van der Waals surface area contributed by atoms with E-state index < -0.39 is 5.92 Å². The Morgan fingerprint density at radius 2 is 1.74 bits per heavy atom. The molecule has 12 nitrogen and oxygen atoms in total. The van der Waals surface area contributed by atoms with Crippen molar-refractivity contribution in [2.45, 2.75) is 31.7 Å². The summed E-state index contributed by atoms with van der Waals surface area (Å²) >= 11 is 0. The molecule has 2 amide bonds. The van der Waals surface area contributed by atoms with E-state index in [4.69, 9.17) is 15.2 Å². The van der Waals surface area contributed by atoms with Gasteiger partial charge in [0.1, 0.15) is 17.8 Å². The summed E-state index contributed by atoms with van der Waals surface area (Å²) in [5, 5.41) is 9.23. The number of amides is 2. The summed E-state index contributed by atoms with van der Waals surface area (Å²) < 4.78 is 14.8. The Labute approximate surface area is 243 Å². The van der Waals surface area contributed by atoms with Crippen LogP contribution in [0.4, 0.5) is 11.5 Å². The normalized spacial score (nSPS) is 20.4. The fourth-order valence-corrected chi connectivity index (χ4v) is 6.42. The molecule has 218 valence electrons. The molecule has 7 rings (SSSR count). The number of carbonyl (C=O) groups excluding carboxylic acids is 2. The number of aromatic nitrogens is 5. The first kappa shape index (κ1) is 26.6. The molecule has 3 aliphatic rings. The van der Waals surface area contributed by atoms with Crippen LogP contribution >= 0.6 is 0 Å². The lowest BCUT2D eigenvalue weighted by Crippen LogP contribution is -2.51. The fraction of sp³-hybridized carbons (Fsp3) is 0.433. The number of fused-ring (bicyclic) bond motifs is 1. The van der Waals surface area contributed by atoms with Crippen molar-refractivity contribution in [2.75, 3.05) is 56.7 Å². The van der Waals surface area contributed by atoms with Crippen molar-refractivity contribution in [1.82, 2.24) is 29.3 Å². The van der Waals surface area contributed by atoms with Crippen molar-refractivity contribution in [2.24, 2.45) is 5.92 Å². The van der Waals surface area contributed by atoms with E-state index in [9.17, 15) is 9.59 Å². The Bertz CT molecular complexity index is 1620. The highest BCUT2D eigenvalue weighted by Gasteiger charge is 2.37. The molecular weight excluding hydrogens is 536 g/mol. The van der Waals surface area contributed by atoms with Crippen molar-refractivity contribution in [3.05, 3.63) is 48.9 Å². The minimum atomic E-state index is -0.667. The first-order valence-corrected chi connectivity index (χ1v) is 14.6. The zero-order valence-corrected chi connectivity index (χ0v) is 23.4. The number of nitrogen functional groups attached to an aromatic ring is 1. The molecule has 1 aromatic carbocycles. The van der Waals surface area contributed by atoms with Crippen LogP contribution in [0.1, 0.15) is 31.7 Å². The van der Waals surface area contributed by atoms with E-state index >= 15 is 0 Å². The third-order valence-electron chi connectivity index (χ3n) is 8.58. The Morgan fingerprint density at radius 3 is 2.57 bits per heavy atom. The van der Waals surface area contributed by atoms with Gasteiger partial charge in [0.05, 0.1) is 30.6 Å². The highest BCUT2D eigenvalue weighted by atomic mass is 16.5. The Kier molecular flexibility index (Phi) is 7.08. The maximum absolute atomic E-state index is 13.6. The second-order valence-electron chi connectivity index (χ2n) is 11.0. The SMILES string of the molecule is Nc1ncnn2c(-c3cccc(N4CCCC(C(=O)N5CCOCC5)C4=O)c3)cc(-c3ccnn3C3CCOCC3)c12. The summed E-state index contributed by atoms with van der Waals surface area (Å²) in [6.07, 6.45) is 6.36. The molecule has 6 heterocycles. The molecule has 3 fully saturated rings. The lowest BCUT2D eigenvalue weighted by molar-refractivity contribution is -0.145. The minimum absolute atomic E-state index is 0.0975. The standard InChI is InChI=1S/C30H34N8O4/c31-28-27-24(25-6-9-33-37(25)21-7-13-41-14-8-21)18-26(38(27)34-19-32-28)20-3-1-4-22(17-20)36-10-2-5-23(30(36)40)29(39)35-11-15-42-16-12-35/h1,3-4,6,9,17-19,21,23H,2,5,7-8,10-16H2,(H2,31,32,34). The van der Waals surface area contributed by atoms with Crippen molar-refractivity contribution in [3.8, 4) is 22.5 Å². The average Bonchev–Trinajstić information content (AvgIpc) is 3.68. The van der Waals surface area contributed by atoms with E-state index in [1.807, 2.05) is 36.5 Å². The summed E-state index contributed by atoms with van der Waals surface area (Å²) in [4.78, 5) is 34.7. The predicted molar refractivity (Wildman–Crippen MR) is 156 cm³/mol. The number of anilines is 2. The molecule has 1 atom stereocenters. The van der Waals surface area contributed by atoms with Gasteiger partial charge < -0.3 is 25.0 Å². The number of morpholine rings is 1. The number of carbonyl (C=O) groups is 2. The van der Waals surface area contributed by atoms with E-state index in [1.54, 1.807) is 14.3 Å². The first-order chi connectivity index (χ1) is 20.6. The largest absolute Gasteiger partial charge is 0.382 e. The van der Waals surface area contributed by atoms with Gasteiger partial charge in [-0.2, -0.15) is 10.2 Å². The van der Waals surface area contributed by atoms with Gasteiger partial charge in [-0.25, -0.2) is 9.50 Å². The van der Waals surface area contributed by atoms with Gasteiger partial charge in [-0.3, -0.25) is 14.3 Å². The van der Waals surface area contributed by atoms with Gasteiger partial charge in [0.15, 0.2) is 5.82 Å². The molecule has 3 aromatic heterocycles. The molecule has 0 aliphatic carbocycles. The molecule has 0 saturated carbocycles. The molecule has 0 radical (unpaired) electrons. The third kappa shape index (κ3) is 4.70. The van der Waals surface area contributed by atoms with E-state index in [0.29, 0.717) is 63.8 Å². The fourth-order valence-electron chi connectivity index (χ4n) is 6.42. The zero-order valence-electron chi connectivity index (χ0n) is 23.4. The number of nitrogens with two attached hydrogens (primary N) is 1. The molecule has 42 heavy (non-hydrogen) atoms. The lowest BCUT2D eigenvalue weighted by Gasteiger charge is -2.35. The molecule has 4 aromatic rings. The van der Waals surface area contributed by atoms with E-state index in [-0.39, 0.29) is 17.9 Å². The Balaban J connectivity index is 1.24. The van der Waals surface area contributed by atoms with Crippen LogP contribution in [0.15, 0.2) is 48.9 Å². The van der Waals surface area contributed by atoms with Gasteiger partial charge in [-0.15, -0.1) is 0 Å². The van der Waals surface area contributed by atoms with Gasteiger partial charge in [-0.1, -0.05) is 12.1 Å². The van der Waals surface area contributed by atoms with Gasteiger partial charge in [0.2, 0.25) is 11.8 Å². The molecule has 3 aliphatic heterocycles. The Hall–Kier alpha value is -4.29. The monoisotopic (exact) mass is 570 g/mol. The summed E-state index contributed by atoms with van der Waals surface area (Å²) in [6.45, 7) is 4.05. The predicted octanol–water partition coefficient (Wildman–Crippen LogP) is 2.80. The second-order valence-corrected chi connectivity index (χ2v) is 11.0. The highest BCUT2D eigenvalue weighted by molar-refractivity contribution is 6.08. The molecule has 0 spiro atoms. The maximum atomic E-state index is 13.6. The third-order valence-corrected chi connectivity index (χ3v) is 8.58. The van der Waals surface area contributed by atoms with E-state index in [0.717, 1.165) is 47.5 Å². The highest BCUT2D eigenvalue weighted by Crippen LogP contribution is 2.38. The van der Waals surface area contributed by atoms with Gasteiger partial charge in [0.25, 0.3) is 0 Å². The molecule has 12 heteroatoms. The number of hydrogen-bond donors (Lipinski definition) is 1. The molecule has 3 saturated heterocycles. The summed E-state index contributed by atoms with van der Waals surface area (Å²) in [5.41, 5.74) is 11.4. The van der Waals surface area contributed by atoms with Crippen LogP contribution in [0, 0.1) is 5.92 Å². The number of piperidine rings is 1. The number of benzene rings is 1. The number of nitrogens with zero attached hydrogens (tertiary/aromatic N) is 7. The van der Waals surface area contributed by atoms with Gasteiger partial charge in [-0.05, 0) is 49.9 Å². The summed E-state index contributed by atoms with van der Waals surface area (Å²) in [6, 6.07) is 12.1. The van der Waals surface area contributed by atoms with Crippen molar-refractivity contribution < 1.29 is 19.1 Å². The number of ether oxygens (including phenoxy) is 2. The minimum Gasteiger partial charge on any atom is -0.382 e. The lowest BCUT2D eigenvalue weighted by atomic mass is 9.94. The van der Waals surface area contributed by atoms with Crippen LogP contribution in [0.2, 0.25) is 0 Å². The molecule has 0 bridgehead atoms. The van der Waals surface area contributed by atoms with Gasteiger partial charge >= 0.3 is 0 Å². The summed E-state index contributed by atoms with van der Waals surface area (Å²) in [7, 11) is 0. The topological polar surface area (TPSA) is 133 Å². The van der Waals surface area contributed by atoms with E-state index in [1.165, 1.54) is 6.33 Å². The van der Waals surface area contributed by atoms with Crippen LogP contribution in [-0.2, 0) is 19.1 Å². The molecule has 2 N–H and O–H groups in total. The number of hydrogen-bond acceptors (Lipinski definition) is 8. The summed E-state index contributed by atoms with van der Waals surface area (Å²) in [5.74, 6) is -0.542. The second kappa shape index (κ2) is 11.2. The number of rotatable bonds is 5. The van der Waals surface area contributed by atoms with E-state index in [2.05, 4.69) is 25.9 Å². The first-order valence-electron chi connectivity index (χ1n) is 14.6. The van der Waals surface area contributed by atoms with Crippen LogP contribution in [0.3, 0.4) is 0 Å². The van der Waals surface area contributed by atoms with Crippen molar-refractivity contribution in [3.63, 3.8) is 0 Å². The molecular formula is C30H34N8O4.